The first kappa shape index (κ1) is 36.3. The van der Waals surface area contributed by atoms with Gasteiger partial charge in [-0.1, -0.05) is 88.0 Å². The van der Waals surface area contributed by atoms with Gasteiger partial charge in [-0.25, -0.2) is 16.8 Å². The Labute approximate surface area is 282 Å². The highest BCUT2D eigenvalue weighted by Crippen LogP contribution is 2.31. The lowest BCUT2D eigenvalue weighted by molar-refractivity contribution is -0.115. The average Bonchev–Trinajstić information content (AvgIpc) is 3.44. The van der Waals surface area contributed by atoms with Crippen LogP contribution in [0.3, 0.4) is 0 Å². The highest BCUT2D eigenvalue weighted by Gasteiger charge is 2.27. The van der Waals surface area contributed by atoms with Crippen LogP contribution < -0.4 is 5.32 Å². The molecule has 0 fully saturated rings. The molecular weight excluding hydrogens is 657 g/mol. The number of nitrogens with one attached hydrogen (secondary N) is 1. The van der Waals surface area contributed by atoms with Gasteiger partial charge in [-0.2, -0.15) is 8.61 Å². The first-order chi connectivity index (χ1) is 22.4. The molecule has 4 rings (SSSR count). The van der Waals surface area contributed by atoms with Gasteiger partial charge in [0.05, 0.1) is 21.6 Å². The minimum Gasteiger partial charge on any atom is -0.325 e. The zero-order valence-electron chi connectivity index (χ0n) is 27.5. The van der Waals surface area contributed by atoms with Gasteiger partial charge in [0, 0.05) is 37.4 Å². The zero-order valence-corrected chi connectivity index (χ0v) is 30.0. The van der Waals surface area contributed by atoms with Crippen LogP contribution >= 0.6 is 11.8 Å². The monoisotopic (exact) mass is 698 g/mol. The van der Waals surface area contributed by atoms with E-state index < -0.39 is 25.3 Å². The Hall–Kier alpha value is -3.56. The highest BCUT2D eigenvalue weighted by atomic mass is 32.2. The molecule has 0 aliphatic carbocycles. The van der Waals surface area contributed by atoms with E-state index in [4.69, 9.17) is 0 Å². The second kappa shape index (κ2) is 15.6. The largest absolute Gasteiger partial charge is 0.325 e. The van der Waals surface area contributed by atoms with Crippen LogP contribution in [0, 0.1) is 6.92 Å². The molecule has 1 N–H and O–H groups in total. The van der Waals surface area contributed by atoms with Crippen molar-refractivity contribution in [3.05, 3.63) is 83.9 Å². The van der Waals surface area contributed by atoms with E-state index >= 15 is 0 Å². The van der Waals surface area contributed by atoms with Crippen LogP contribution in [0.15, 0.2) is 87.7 Å². The Balaban J connectivity index is 1.65. The van der Waals surface area contributed by atoms with Crippen LogP contribution in [-0.4, -0.2) is 77.5 Å². The third-order valence-corrected chi connectivity index (χ3v) is 13.1. The van der Waals surface area contributed by atoms with E-state index in [0.717, 1.165) is 5.56 Å². The van der Waals surface area contributed by atoms with Gasteiger partial charge in [-0.15, -0.1) is 10.2 Å². The van der Waals surface area contributed by atoms with Crippen LogP contribution in [0.1, 0.15) is 45.7 Å². The number of anilines is 1. The summed E-state index contributed by atoms with van der Waals surface area (Å²) in [4.78, 5) is 13.7. The van der Waals surface area contributed by atoms with Crippen molar-refractivity contribution in [2.45, 2.75) is 68.3 Å². The topological polar surface area (TPSA) is 135 Å². The van der Waals surface area contributed by atoms with Crippen molar-refractivity contribution in [1.29, 1.82) is 0 Å². The molecule has 252 valence electrons. The molecule has 0 aliphatic heterocycles. The molecule has 1 atom stereocenters. The van der Waals surface area contributed by atoms with E-state index in [9.17, 15) is 21.6 Å². The zero-order chi connectivity index (χ0) is 34.4. The number of carbonyl (C=O) groups excluding carboxylic acids is 1. The van der Waals surface area contributed by atoms with Crippen molar-refractivity contribution in [2.75, 3.05) is 31.5 Å². The predicted octanol–water partition coefficient (Wildman–Crippen LogP) is 5.48. The Kier molecular flexibility index (Phi) is 12.0. The van der Waals surface area contributed by atoms with Crippen molar-refractivity contribution < 1.29 is 21.6 Å². The highest BCUT2D eigenvalue weighted by molar-refractivity contribution is 8.00. The molecule has 0 aliphatic rings. The molecule has 0 spiro atoms. The molecule has 1 heterocycles. The van der Waals surface area contributed by atoms with Crippen molar-refractivity contribution in [3.63, 3.8) is 0 Å². The number of amides is 1. The standard InChI is InChI=1S/C33H42N6O5S3/c1-7-37(8-2)46(41,42)29-18-14-17-27(21-29)31-35-36-33(39(31)23-26-15-12-11-13-16-26)45-25(6)32(40)34-28-20-19-24(5)30(22-28)47(43,44)38(9-3)10-4/h11-22,25H,7-10,23H2,1-6H3,(H,34,40)/t25-/m1/s1. The summed E-state index contributed by atoms with van der Waals surface area (Å²) in [5.74, 6) is 0.124. The molecule has 0 saturated heterocycles. The Morgan fingerprint density at radius 1 is 0.830 bits per heavy atom. The van der Waals surface area contributed by atoms with E-state index in [1.54, 1.807) is 77.9 Å². The average molecular weight is 699 g/mol. The summed E-state index contributed by atoms with van der Waals surface area (Å²) in [6.45, 7) is 12.4. The number of sulfonamides is 2. The third-order valence-electron chi connectivity index (χ3n) is 7.77. The van der Waals surface area contributed by atoms with Crippen molar-refractivity contribution >= 4 is 43.4 Å². The number of nitrogens with zero attached hydrogens (tertiary/aromatic N) is 5. The summed E-state index contributed by atoms with van der Waals surface area (Å²) >= 11 is 1.20. The van der Waals surface area contributed by atoms with Crippen LogP contribution in [0.4, 0.5) is 5.69 Å². The maximum Gasteiger partial charge on any atom is 0.243 e. The molecule has 11 nitrogen and oxygen atoms in total. The fourth-order valence-corrected chi connectivity index (χ4v) is 9.18. The maximum absolute atomic E-state index is 13.4. The van der Waals surface area contributed by atoms with E-state index in [1.165, 1.54) is 26.4 Å². The SMILES string of the molecule is CCN(CC)S(=O)(=O)c1cccc(-c2nnc(S[C@H](C)C(=O)Nc3ccc(C)c(S(=O)(=O)N(CC)CC)c3)n2Cc2ccccc2)c1. The summed E-state index contributed by atoms with van der Waals surface area (Å²) in [5.41, 5.74) is 2.51. The van der Waals surface area contributed by atoms with Crippen molar-refractivity contribution in [2.24, 2.45) is 0 Å². The van der Waals surface area contributed by atoms with E-state index in [0.29, 0.717) is 60.5 Å². The Morgan fingerprint density at radius 3 is 2.11 bits per heavy atom. The fraction of sp³-hybridized carbons (Fsp3) is 0.364. The molecule has 0 unspecified atom stereocenters. The van der Waals surface area contributed by atoms with Gasteiger partial charge in [0.15, 0.2) is 11.0 Å². The summed E-state index contributed by atoms with van der Waals surface area (Å²) in [6, 6.07) is 21.2. The predicted molar refractivity (Wildman–Crippen MR) is 186 cm³/mol. The summed E-state index contributed by atoms with van der Waals surface area (Å²) in [5, 5.41) is 11.6. The lowest BCUT2D eigenvalue weighted by atomic mass is 10.2. The number of hydrogen-bond acceptors (Lipinski definition) is 8. The number of aryl methyl sites for hydroxylation is 1. The quantitative estimate of drug-likeness (QED) is 0.161. The lowest BCUT2D eigenvalue weighted by Gasteiger charge is -2.20. The smallest absolute Gasteiger partial charge is 0.243 e. The molecule has 0 radical (unpaired) electrons. The van der Waals surface area contributed by atoms with Crippen LogP contribution in [-0.2, 0) is 31.4 Å². The molecular formula is C33H42N6O5S3. The van der Waals surface area contributed by atoms with Crippen LogP contribution in [0.25, 0.3) is 11.4 Å². The van der Waals surface area contributed by atoms with Crippen molar-refractivity contribution in [1.82, 2.24) is 23.4 Å². The van der Waals surface area contributed by atoms with E-state index in [2.05, 4.69) is 15.5 Å². The van der Waals surface area contributed by atoms with Gasteiger partial charge >= 0.3 is 0 Å². The van der Waals surface area contributed by atoms with Gasteiger partial charge in [0.25, 0.3) is 0 Å². The molecule has 0 bridgehead atoms. The third kappa shape index (κ3) is 8.12. The van der Waals surface area contributed by atoms with Gasteiger partial charge < -0.3 is 5.32 Å². The minimum atomic E-state index is -3.72. The number of benzene rings is 3. The Morgan fingerprint density at radius 2 is 1.47 bits per heavy atom. The molecule has 3 aromatic carbocycles. The molecule has 14 heteroatoms. The molecule has 1 aromatic heterocycles. The van der Waals surface area contributed by atoms with Crippen LogP contribution in [0.5, 0.6) is 0 Å². The Bertz CT molecular complexity index is 1910. The minimum absolute atomic E-state index is 0.150. The number of aromatic nitrogens is 3. The number of rotatable bonds is 15. The van der Waals surface area contributed by atoms with E-state index in [1.807, 2.05) is 34.9 Å². The van der Waals surface area contributed by atoms with Crippen molar-refractivity contribution in [3.8, 4) is 11.4 Å². The number of carbonyl (C=O) groups is 1. The molecule has 4 aromatic rings. The molecule has 0 saturated carbocycles. The second-order valence-corrected chi connectivity index (χ2v) is 16.0. The van der Waals surface area contributed by atoms with Gasteiger partial charge in [0.1, 0.15) is 0 Å². The number of thioether (sulfide) groups is 1. The second-order valence-electron chi connectivity index (χ2n) is 10.8. The van der Waals surface area contributed by atoms with E-state index in [-0.39, 0.29) is 15.7 Å². The molecule has 1 amide bonds. The van der Waals surface area contributed by atoms with Crippen LogP contribution in [0.2, 0.25) is 0 Å². The first-order valence-electron chi connectivity index (χ1n) is 15.5. The van der Waals surface area contributed by atoms with Gasteiger partial charge in [-0.3, -0.25) is 9.36 Å². The first-order valence-corrected chi connectivity index (χ1v) is 19.3. The lowest BCUT2D eigenvalue weighted by Crippen LogP contribution is -2.31. The van der Waals surface area contributed by atoms with Gasteiger partial charge in [0.2, 0.25) is 26.0 Å². The molecule has 47 heavy (non-hydrogen) atoms. The normalized spacial score (nSPS) is 12.9. The van der Waals surface area contributed by atoms with Gasteiger partial charge in [-0.05, 0) is 49.2 Å². The number of hydrogen-bond donors (Lipinski definition) is 1. The maximum atomic E-state index is 13.4. The summed E-state index contributed by atoms with van der Waals surface area (Å²) < 4.78 is 57.7. The summed E-state index contributed by atoms with van der Waals surface area (Å²) in [6.07, 6.45) is 0. The summed E-state index contributed by atoms with van der Waals surface area (Å²) in [7, 11) is -7.43. The fourth-order valence-electron chi connectivity index (χ4n) is 5.12.